The van der Waals surface area contributed by atoms with E-state index >= 15 is 0 Å². The molecule has 0 bridgehead atoms. The molecule has 0 aliphatic carbocycles. The second-order valence-corrected chi connectivity index (χ2v) is 12.9. The summed E-state index contributed by atoms with van der Waals surface area (Å²) in [5.41, 5.74) is 0. The number of nitrogens with one attached hydrogen (secondary N) is 1. The summed E-state index contributed by atoms with van der Waals surface area (Å²) in [6, 6.07) is -0.892. The first-order valence-corrected chi connectivity index (χ1v) is 10.8. The molecule has 0 radical (unpaired) electrons. The third-order valence-electron chi connectivity index (χ3n) is 4.32. The lowest BCUT2D eigenvalue weighted by Gasteiger charge is -2.40. The van der Waals surface area contributed by atoms with Crippen LogP contribution in [0.1, 0.15) is 48.5 Å². The van der Waals surface area contributed by atoms with Gasteiger partial charge in [0.15, 0.2) is 8.32 Å². The highest BCUT2D eigenvalue weighted by molar-refractivity contribution is 6.74. The number of hydrogen-bond donors (Lipinski definition) is 2. The summed E-state index contributed by atoms with van der Waals surface area (Å²) < 4.78 is 6.22. The number of carboxylic acid groups (broad SMARTS) is 1. The van der Waals surface area contributed by atoms with Crippen molar-refractivity contribution < 1.29 is 19.1 Å². The lowest BCUT2D eigenvalue weighted by Crippen LogP contribution is -2.54. The van der Waals surface area contributed by atoms with Gasteiger partial charge in [0.25, 0.3) is 0 Å². The Kier molecular flexibility index (Phi) is 7.29. The highest BCUT2D eigenvalue weighted by atomic mass is 28.4. The molecule has 0 aromatic carbocycles. The van der Waals surface area contributed by atoms with E-state index in [1.807, 2.05) is 13.8 Å². The van der Waals surface area contributed by atoms with Gasteiger partial charge in [0, 0.05) is 0 Å². The van der Waals surface area contributed by atoms with Crippen LogP contribution in [0.2, 0.25) is 18.1 Å². The number of carbonyl (C=O) groups excluding carboxylic acids is 1. The van der Waals surface area contributed by atoms with Gasteiger partial charge in [-0.05, 0) is 30.0 Å². The number of aliphatic carboxylic acids is 1. The molecular weight excluding hydrogens is 298 g/mol. The van der Waals surface area contributed by atoms with E-state index < -0.39 is 26.4 Å². The standard InChI is InChI=1S/C16H33NO4Si/c1-10(2)12(15(19)20)17-14(18)13(11(3)4)21-22(8,9)16(5,6)7/h10-13H,1-9H3,(H,17,18)(H,19,20)/t12-,13-/m0/s1. The minimum Gasteiger partial charge on any atom is -0.480 e. The molecule has 1 amide bonds. The molecule has 0 heterocycles. The van der Waals surface area contributed by atoms with Gasteiger partial charge in [-0.15, -0.1) is 0 Å². The minimum absolute atomic E-state index is 0.00926. The highest BCUT2D eigenvalue weighted by Gasteiger charge is 2.42. The van der Waals surface area contributed by atoms with E-state index in [0.29, 0.717) is 0 Å². The van der Waals surface area contributed by atoms with E-state index in [1.165, 1.54) is 0 Å². The van der Waals surface area contributed by atoms with Crippen molar-refractivity contribution >= 4 is 20.2 Å². The van der Waals surface area contributed by atoms with Crippen LogP contribution in [0.5, 0.6) is 0 Å². The normalized spacial score (nSPS) is 15.8. The Labute approximate surface area is 135 Å². The van der Waals surface area contributed by atoms with Gasteiger partial charge in [-0.2, -0.15) is 0 Å². The summed E-state index contributed by atoms with van der Waals surface area (Å²) in [6.45, 7) is 17.9. The zero-order chi connectivity index (χ0) is 17.9. The number of amides is 1. The van der Waals surface area contributed by atoms with E-state index in [4.69, 9.17) is 4.43 Å². The number of carbonyl (C=O) groups is 2. The summed E-state index contributed by atoms with van der Waals surface area (Å²) in [5.74, 6) is -1.54. The van der Waals surface area contributed by atoms with Crippen LogP contribution in [0.3, 0.4) is 0 Å². The van der Waals surface area contributed by atoms with E-state index in [-0.39, 0.29) is 22.8 Å². The van der Waals surface area contributed by atoms with Crippen molar-refractivity contribution in [1.29, 1.82) is 0 Å². The number of carboxylic acids is 1. The molecule has 2 N–H and O–H groups in total. The maximum Gasteiger partial charge on any atom is 0.326 e. The zero-order valence-corrected chi connectivity index (χ0v) is 16.5. The molecule has 2 atom stereocenters. The molecule has 0 aromatic rings. The SMILES string of the molecule is CC(C)[C@H](NC(=O)[C@@H](O[Si](C)(C)C(C)(C)C)C(C)C)C(=O)O. The number of rotatable bonds is 7. The third kappa shape index (κ3) is 5.72. The average Bonchev–Trinajstić information content (AvgIpc) is 2.30. The van der Waals surface area contributed by atoms with E-state index in [9.17, 15) is 14.7 Å². The lowest BCUT2D eigenvalue weighted by molar-refractivity contribution is -0.145. The largest absolute Gasteiger partial charge is 0.480 e. The molecule has 22 heavy (non-hydrogen) atoms. The molecule has 0 rings (SSSR count). The zero-order valence-electron chi connectivity index (χ0n) is 15.5. The Morgan fingerprint density at radius 3 is 1.77 bits per heavy atom. The van der Waals surface area contributed by atoms with Crippen molar-refractivity contribution in [2.45, 2.75) is 78.7 Å². The van der Waals surface area contributed by atoms with Crippen LogP contribution >= 0.6 is 0 Å². The maximum absolute atomic E-state index is 12.5. The quantitative estimate of drug-likeness (QED) is 0.702. The monoisotopic (exact) mass is 331 g/mol. The van der Waals surface area contributed by atoms with Crippen LogP contribution < -0.4 is 5.32 Å². The smallest absolute Gasteiger partial charge is 0.326 e. The van der Waals surface area contributed by atoms with Crippen LogP contribution in [0.25, 0.3) is 0 Å². The second kappa shape index (κ2) is 7.59. The molecule has 0 unspecified atom stereocenters. The fraction of sp³-hybridized carbons (Fsp3) is 0.875. The van der Waals surface area contributed by atoms with Crippen LogP contribution in [0, 0.1) is 11.8 Å². The van der Waals surface area contributed by atoms with Crippen LogP contribution in [-0.4, -0.2) is 37.4 Å². The molecular formula is C16H33NO4Si. The summed E-state index contributed by atoms with van der Waals surface area (Å²) in [6.07, 6.45) is -0.624. The van der Waals surface area contributed by atoms with E-state index in [0.717, 1.165) is 0 Å². The average molecular weight is 332 g/mol. The second-order valence-electron chi connectivity index (χ2n) is 8.11. The molecule has 0 aliphatic heterocycles. The summed E-state index contributed by atoms with van der Waals surface area (Å²) in [7, 11) is -2.11. The van der Waals surface area contributed by atoms with Crippen LogP contribution in [0.15, 0.2) is 0 Å². The first kappa shape index (κ1) is 21.1. The third-order valence-corrected chi connectivity index (χ3v) is 8.78. The molecule has 6 heteroatoms. The molecule has 0 aliphatic rings. The van der Waals surface area contributed by atoms with Gasteiger partial charge in [-0.3, -0.25) is 4.79 Å². The van der Waals surface area contributed by atoms with Crippen molar-refractivity contribution in [3.63, 3.8) is 0 Å². The Hall–Kier alpha value is -0.883. The van der Waals surface area contributed by atoms with Gasteiger partial charge < -0.3 is 14.8 Å². The first-order valence-electron chi connectivity index (χ1n) is 7.91. The van der Waals surface area contributed by atoms with Crippen LogP contribution in [0.4, 0.5) is 0 Å². The molecule has 0 saturated carbocycles. The Morgan fingerprint density at radius 1 is 1.05 bits per heavy atom. The van der Waals surface area contributed by atoms with Gasteiger partial charge in [0.1, 0.15) is 12.1 Å². The van der Waals surface area contributed by atoms with Crippen molar-refractivity contribution in [3.8, 4) is 0 Å². The molecule has 0 fully saturated rings. The summed E-state index contributed by atoms with van der Waals surface area (Å²) in [5, 5.41) is 11.8. The van der Waals surface area contributed by atoms with Crippen molar-refractivity contribution in [3.05, 3.63) is 0 Å². The predicted molar refractivity (Wildman–Crippen MR) is 91.3 cm³/mol. The van der Waals surface area contributed by atoms with Gasteiger partial charge in [-0.25, -0.2) is 4.79 Å². The van der Waals surface area contributed by atoms with Gasteiger partial charge in [0.2, 0.25) is 5.91 Å². The first-order chi connectivity index (χ1) is 9.70. The lowest BCUT2D eigenvalue weighted by atomic mass is 10.0. The van der Waals surface area contributed by atoms with E-state index in [1.54, 1.807) is 13.8 Å². The highest BCUT2D eigenvalue weighted by Crippen LogP contribution is 2.38. The maximum atomic E-state index is 12.5. The fourth-order valence-corrected chi connectivity index (χ4v) is 3.10. The topological polar surface area (TPSA) is 75.6 Å². The molecule has 0 aromatic heterocycles. The Bertz CT molecular complexity index is 399. The molecule has 0 saturated heterocycles. The summed E-state index contributed by atoms with van der Waals surface area (Å²) in [4.78, 5) is 23.8. The number of hydrogen-bond acceptors (Lipinski definition) is 3. The van der Waals surface area contributed by atoms with E-state index in [2.05, 4.69) is 39.2 Å². The van der Waals surface area contributed by atoms with Gasteiger partial charge in [-0.1, -0.05) is 48.5 Å². The van der Waals surface area contributed by atoms with Crippen molar-refractivity contribution in [2.24, 2.45) is 11.8 Å². The molecule has 0 spiro atoms. The van der Waals surface area contributed by atoms with Crippen molar-refractivity contribution in [1.82, 2.24) is 5.32 Å². The van der Waals surface area contributed by atoms with Gasteiger partial charge >= 0.3 is 5.97 Å². The Balaban J connectivity index is 5.20. The predicted octanol–water partition coefficient (Wildman–Crippen LogP) is 3.26. The molecule has 5 nitrogen and oxygen atoms in total. The minimum atomic E-state index is -2.11. The van der Waals surface area contributed by atoms with Gasteiger partial charge in [0.05, 0.1) is 0 Å². The Morgan fingerprint density at radius 2 is 1.50 bits per heavy atom. The molecule has 130 valence electrons. The van der Waals surface area contributed by atoms with Crippen molar-refractivity contribution in [2.75, 3.05) is 0 Å². The summed E-state index contributed by atoms with van der Waals surface area (Å²) >= 11 is 0. The fourth-order valence-electron chi connectivity index (χ4n) is 1.74. The van der Waals surface area contributed by atoms with Crippen LogP contribution in [-0.2, 0) is 14.0 Å².